The molecule has 0 atom stereocenters. The third-order valence-corrected chi connectivity index (χ3v) is 8.56. The van der Waals surface area contributed by atoms with Crippen LogP contribution in [0.2, 0.25) is 0 Å². The minimum Gasteiger partial charge on any atom is -0.492 e. The highest BCUT2D eigenvalue weighted by molar-refractivity contribution is 6.07. The number of benzene rings is 1. The van der Waals surface area contributed by atoms with Crippen LogP contribution in [0.4, 0.5) is 23.2 Å². The highest BCUT2D eigenvalue weighted by atomic mass is 19.3. The molecule has 0 unspecified atom stereocenters. The van der Waals surface area contributed by atoms with Gasteiger partial charge in [0.1, 0.15) is 17.4 Å². The molecule has 0 radical (unpaired) electrons. The van der Waals surface area contributed by atoms with Crippen molar-refractivity contribution in [2.45, 2.75) is 75.0 Å². The molecule has 3 heterocycles. The molecule has 2 fully saturated rings. The van der Waals surface area contributed by atoms with Gasteiger partial charge in [0.15, 0.2) is 0 Å². The van der Waals surface area contributed by atoms with Crippen LogP contribution in [0.25, 0.3) is 11.1 Å². The van der Waals surface area contributed by atoms with Gasteiger partial charge in [-0.2, -0.15) is 0 Å². The molecule has 0 saturated heterocycles. The smallest absolute Gasteiger partial charge is 0.257 e. The predicted molar refractivity (Wildman–Crippen MR) is 138 cm³/mol. The fourth-order valence-corrected chi connectivity index (χ4v) is 6.44. The highest BCUT2D eigenvalue weighted by Crippen LogP contribution is 2.49. The molecule has 2 saturated carbocycles. The highest BCUT2D eigenvalue weighted by Gasteiger charge is 2.42. The van der Waals surface area contributed by atoms with Crippen LogP contribution < -0.4 is 10.1 Å². The van der Waals surface area contributed by atoms with Crippen molar-refractivity contribution < 1.29 is 27.1 Å². The number of nitrogens with zero attached hydrogens (tertiary/aromatic N) is 2. The molecule has 1 aromatic carbocycles. The van der Waals surface area contributed by atoms with Crippen molar-refractivity contribution in [3.05, 3.63) is 71.3 Å². The number of halogens is 4. The number of pyridine rings is 2. The molecule has 1 amide bonds. The zero-order chi connectivity index (χ0) is 27.2. The Morgan fingerprint density at radius 2 is 1.72 bits per heavy atom. The van der Waals surface area contributed by atoms with Gasteiger partial charge in [-0.15, -0.1) is 0 Å². The van der Waals surface area contributed by atoms with Crippen LogP contribution in [0.3, 0.4) is 0 Å². The molecule has 3 aliphatic rings. The summed E-state index contributed by atoms with van der Waals surface area (Å²) in [4.78, 5) is 22.7. The van der Waals surface area contributed by atoms with E-state index in [2.05, 4.69) is 15.3 Å². The number of hydrogen-bond donors (Lipinski definition) is 1. The Morgan fingerprint density at radius 1 is 0.949 bits per heavy atom. The summed E-state index contributed by atoms with van der Waals surface area (Å²) in [6.45, 7) is 0.557. The van der Waals surface area contributed by atoms with Crippen LogP contribution in [0.15, 0.2) is 42.7 Å². The first kappa shape index (κ1) is 25.8. The summed E-state index contributed by atoms with van der Waals surface area (Å²) in [6, 6.07) is 6.25. The van der Waals surface area contributed by atoms with Crippen molar-refractivity contribution in [1.82, 2.24) is 9.97 Å². The van der Waals surface area contributed by atoms with E-state index in [1.807, 2.05) is 0 Å². The van der Waals surface area contributed by atoms with E-state index in [1.54, 1.807) is 6.07 Å². The van der Waals surface area contributed by atoms with Crippen molar-refractivity contribution in [1.29, 1.82) is 0 Å². The molecule has 2 aromatic heterocycles. The third kappa shape index (κ3) is 4.87. The summed E-state index contributed by atoms with van der Waals surface area (Å²) in [5.74, 6) is -4.37. The molecule has 204 valence electrons. The Hall–Kier alpha value is -3.49. The first-order chi connectivity index (χ1) is 18.7. The van der Waals surface area contributed by atoms with E-state index >= 15 is 0 Å². The SMILES string of the molecule is O=C(Nc1c(-c2cc(F)ccc2F)ccnc1C1CCC(F)(F)CC1)c1cnc2c(c1)OCCC21CCCC1. The van der Waals surface area contributed by atoms with Crippen LogP contribution in [-0.4, -0.2) is 28.4 Å². The lowest BCUT2D eigenvalue weighted by molar-refractivity contribution is -0.0384. The number of fused-ring (bicyclic) bond motifs is 2. The third-order valence-electron chi connectivity index (χ3n) is 8.56. The molecule has 2 aliphatic carbocycles. The fraction of sp³-hybridized carbons (Fsp3) is 0.433. The van der Waals surface area contributed by atoms with E-state index in [-0.39, 0.29) is 59.4 Å². The molecule has 6 rings (SSSR count). The maximum absolute atomic E-state index is 14.9. The van der Waals surface area contributed by atoms with Gasteiger partial charge in [0.25, 0.3) is 5.91 Å². The minimum absolute atomic E-state index is 0.00969. The van der Waals surface area contributed by atoms with Gasteiger partial charge in [0, 0.05) is 47.7 Å². The number of amides is 1. The van der Waals surface area contributed by atoms with E-state index in [9.17, 15) is 22.4 Å². The van der Waals surface area contributed by atoms with Crippen molar-refractivity contribution in [2.24, 2.45) is 0 Å². The van der Waals surface area contributed by atoms with E-state index in [1.165, 1.54) is 18.5 Å². The molecule has 1 spiro atoms. The number of nitrogens with one attached hydrogen (secondary N) is 1. The number of carbonyl (C=O) groups excluding carboxylic acids is 1. The number of carbonyl (C=O) groups is 1. The van der Waals surface area contributed by atoms with E-state index in [4.69, 9.17) is 4.74 Å². The van der Waals surface area contributed by atoms with E-state index in [0.29, 0.717) is 18.1 Å². The normalized spacial score (nSPS) is 19.9. The lowest BCUT2D eigenvalue weighted by Gasteiger charge is -2.34. The van der Waals surface area contributed by atoms with Gasteiger partial charge >= 0.3 is 0 Å². The number of alkyl halides is 2. The Bertz CT molecular complexity index is 1410. The van der Waals surface area contributed by atoms with Gasteiger partial charge < -0.3 is 10.1 Å². The number of aromatic nitrogens is 2. The van der Waals surface area contributed by atoms with Gasteiger partial charge in [-0.3, -0.25) is 14.8 Å². The summed E-state index contributed by atoms with van der Waals surface area (Å²) >= 11 is 0. The van der Waals surface area contributed by atoms with Gasteiger partial charge in [0.05, 0.1) is 29.2 Å². The molecule has 39 heavy (non-hydrogen) atoms. The molecule has 5 nitrogen and oxygen atoms in total. The monoisotopic (exact) mass is 539 g/mol. The zero-order valence-electron chi connectivity index (χ0n) is 21.4. The van der Waals surface area contributed by atoms with Crippen molar-refractivity contribution in [2.75, 3.05) is 11.9 Å². The summed E-state index contributed by atoms with van der Waals surface area (Å²) in [6.07, 6.45) is 7.93. The van der Waals surface area contributed by atoms with Crippen molar-refractivity contribution in [3.8, 4) is 16.9 Å². The van der Waals surface area contributed by atoms with Crippen LogP contribution in [-0.2, 0) is 5.41 Å². The topological polar surface area (TPSA) is 64.1 Å². The number of anilines is 1. The second-order valence-electron chi connectivity index (χ2n) is 11.0. The lowest BCUT2D eigenvalue weighted by Crippen LogP contribution is -2.31. The summed E-state index contributed by atoms with van der Waals surface area (Å²) in [7, 11) is 0. The molecule has 9 heteroatoms. The van der Waals surface area contributed by atoms with Crippen LogP contribution in [0.1, 0.15) is 85.5 Å². The van der Waals surface area contributed by atoms with Crippen LogP contribution >= 0.6 is 0 Å². The number of rotatable bonds is 4. The molecule has 1 aliphatic heterocycles. The lowest BCUT2D eigenvalue weighted by atomic mass is 9.77. The fourth-order valence-electron chi connectivity index (χ4n) is 6.44. The van der Waals surface area contributed by atoms with Crippen molar-refractivity contribution in [3.63, 3.8) is 0 Å². The van der Waals surface area contributed by atoms with Gasteiger partial charge in [-0.1, -0.05) is 12.8 Å². The summed E-state index contributed by atoms with van der Waals surface area (Å²) in [5.41, 5.74) is 1.87. The van der Waals surface area contributed by atoms with Gasteiger partial charge in [-0.25, -0.2) is 17.6 Å². The van der Waals surface area contributed by atoms with Gasteiger partial charge in [0.2, 0.25) is 5.92 Å². The zero-order valence-corrected chi connectivity index (χ0v) is 21.4. The number of hydrogen-bond acceptors (Lipinski definition) is 4. The average Bonchev–Trinajstić information content (AvgIpc) is 3.39. The molecule has 3 aromatic rings. The number of ether oxygens (including phenoxy) is 1. The predicted octanol–water partition coefficient (Wildman–Crippen LogP) is 7.56. The van der Waals surface area contributed by atoms with Crippen molar-refractivity contribution >= 4 is 11.6 Å². The Balaban J connectivity index is 1.38. The molecular formula is C30H29F4N3O2. The van der Waals surface area contributed by atoms with E-state index < -0.39 is 23.5 Å². The Morgan fingerprint density at radius 3 is 2.49 bits per heavy atom. The maximum atomic E-state index is 14.9. The second kappa shape index (κ2) is 9.92. The molecule has 1 N–H and O–H groups in total. The standard InChI is InChI=1S/C30H29F4N3O2/c31-20-3-4-23(32)22(16-20)21-7-13-35-25(18-5-10-30(33,34)11-6-18)26(21)37-28(38)19-15-24-27(36-17-19)29(12-14-39-24)8-1-2-9-29/h3-4,7,13,15-18H,1-2,5-6,8-12,14H2,(H,37,38). The Labute approximate surface area is 224 Å². The minimum atomic E-state index is -2.75. The van der Waals surface area contributed by atoms with E-state index in [0.717, 1.165) is 56.0 Å². The largest absolute Gasteiger partial charge is 0.492 e. The summed E-state index contributed by atoms with van der Waals surface area (Å²) < 4.78 is 62.7. The first-order valence-electron chi connectivity index (χ1n) is 13.5. The van der Waals surface area contributed by atoms with Crippen LogP contribution in [0.5, 0.6) is 5.75 Å². The van der Waals surface area contributed by atoms with Crippen LogP contribution in [0, 0.1) is 11.6 Å². The second-order valence-corrected chi connectivity index (χ2v) is 11.0. The molecular weight excluding hydrogens is 510 g/mol. The maximum Gasteiger partial charge on any atom is 0.257 e. The first-order valence-corrected chi connectivity index (χ1v) is 13.5. The average molecular weight is 540 g/mol. The summed E-state index contributed by atoms with van der Waals surface area (Å²) in [5, 5.41) is 2.85. The molecule has 0 bridgehead atoms. The van der Waals surface area contributed by atoms with Gasteiger partial charge in [-0.05, 0) is 62.4 Å². The Kier molecular flexibility index (Phi) is 6.55. The quantitative estimate of drug-likeness (QED) is 0.348.